The van der Waals surface area contributed by atoms with Crippen LogP contribution in [-0.4, -0.2) is 95.1 Å². The number of hydrogen-bond donors (Lipinski definition) is 4. The van der Waals surface area contributed by atoms with Crippen molar-refractivity contribution in [1.82, 2.24) is 0 Å². The van der Waals surface area contributed by atoms with Gasteiger partial charge in [-0.2, -0.15) is 0 Å². The number of carbonyl (C=O) groups excluding carboxylic acids is 4. The highest BCUT2D eigenvalue weighted by molar-refractivity contribution is 5.75. The summed E-state index contributed by atoms with van der Waals surface area (Å²) in [4.78, 5) is 46.5. The molecule has 4 N–H and O–H groups in total. The maximum absolute atomic E-state index is 11.6. The van der Waals surface area contributed by atoms with Crippen LogP contribution in [0.4, 0.5) is 0 Å². The Morgan fingerprint density at radius 1 is 0.552 bits per heavy atom. The van der Waals surface area contributed by atoms with E-state index in [0.717, 1.165) is 27.7 Å². The Hall–Kier alpha value is -2.28. The van der Waals surface area contributed by atoms with Gasteiger partial charge in [-0.15, -0.1) is 0 Å². The van der Waals surface area contributed by atoms with Crippen molar-refractivity contribution in [1.29, 1.82) is 0 Å². The van der Waals surface area contributed by atoms with Crippen LogP contribution in [0.15, 0.2) is 0 Å². The number of hydrogen-bond acceptors (Lipinski definition) is 12. The summed E-state index contributed by atoms with van der Waals surface area (Å²) in [5, 5.41) is 37.0. The lowest BCUT2D eigenvalue weighted by Crippen LogP contribution is -2.46. The van der Waals surface area contributed by atoms with Gasteiger partial charge in [0.2, 0.25) is 0 Å². The molecular weight excluding hydrogens is 396 g/mol. The number of carbonyl (C=O) groups is 4. The molecule has 0 fully saturated rings. The van der Waals surface area contributed by atoms with E-state index < -0.39 is 80.1 Å². The summed E-state index contributed by atoms with van der Waals surface area (Å²) in [6.45, 7) is 2.01. The van der Waals surface area contributed by atoms with Crippen LogP contribution < -0.4 is 0 Å². The summed E-state index contributed by atoms with van der Waals surface area (Å²) >= 11 is 0. The number of aliphatic hydroxyl groups excluding tert-OH is 4. The fraction of sp³-hybridized carbons (Fsp3) is 0.765. The van der Waals surface area contributed by atoms with E-state index in [1.54, 1.807) is 0 Å². The zero-order valence-electron chi connectivity index (χ0n) is 16.7. The summed E-state index contributed by atoms with van der Waals surface area (Å²) in [5.74, 6) is -4.22. The number of rotatable bonds is 12. The fourth-order valence-electron chi connectivity index (χ4n) is 1.63. The highest BCUT2D eigenvalue weighted by Crippen LogP contribution is 2.22. The van der Waals surface area contributed by atoms with E-state index in [0.29, 0.717) is 0 Å². The number of ether oxygens (including phenoxy) is 4. The molecule has 0 aliphatic carbocycles. The predicted octanol–water partition coefficient (Wildman–Crippen LogP) is -2.33. The molecule has 0 spiro atoms. The first kappa shape index (κ1) is 26.7. The normalized spacial score (nSPS) is 17.1. The predicted molar refractivity (Wildman–Crippen MR) is 93.0 cm³/mol. The Balaban J connectivity index is 5.58. The first-order valence-corrected chi connectivity index (χ1v) is 8.70. The molecule has 0 heterocycles. The van der Waals surface area contributed by atoms with E-state index in [1.807, 2.05) is 0 Å². The highest BCUT2D eigenvalue weighted by Gasteiger charge is 2.39. The average Bonchev–Trinajstić information content (AvgIpc) is 2.64. The van der Waals surface area contributed by atoms with Crippen LogP contribution in [0, 0.1) is 5.41 Å². The van der Waals surface area contributed by atoms with E-state index in [1.165, 1.54) is 0 Å². The van der Waals surface area contributed by atoms with Gasteiger partial charge in [0.1, 0.15) is 56.3 Å². The molecule has 12 nitrogen and oxygen atoms in total. The quantitative estimate of drug-likeness (QED) is 0.194. The van der Waals surface area contributed by atoms with Gasteiger partial charge in [0.25, 0.3) is 0 Å². The van der Waals surface area contributed by atoms with Crippen LogP contribution in [0.3, 0.4) is 0 Å². The summed E-state index contributed by atoms with van der Waals surface area (Å²) in [6.07, 6.45) is -5.97. The minimum Gasteiger partial charge on any atom is -0.463 e. The van der Waals surface area contributed by atoms with Gasteiger partial charge in [-0.25, -0.2) is 19.2 Å². The molecule has 0 bridgehead atoms. The van der Waals surface area contributed by atoms with E-state index in [9.17, 15) is 39.6 Å². The zero-order chi connectivity index (χ0) is 22.8. The van der Waals surface area contributed by atoms with Gasteiger partial charge < -0.3 is 39.4 Å². The van der Waals surface area contributed by atoms with Crippen LogP contribution in [-0.2, 0) is 38.1 Å². The molecule has 4 atom stereocenters. The van der Waals surface area contributed by atoms with Gasteiger partial charge in [-0.05, 0) is 27.7 Å². The van der Waals surface area contributed by atoms with E-state index >= 15 is 0 Å². The minimum atomic E-state index is -1.65. The Morgan fingerprint density at radius 2 is 0.724 bits per heavy atom. The van der Waals surface area contributed by atoms with Crippen molar-refractivity contribution in [3.63, 3.8) is 0 Å². The highest BCUT2D eigenvalue weighted by atomic mass is 16.6. The second-order valence-corrected chi connectivity index (χ2v) is 6.63. The Labute approximate surface area is 167 Å². The molecule has 0 amide bonds. The van der Waals surface area contributed by atoms with E-state index in [-0.39, 0.29) is 0 Å². The summed E-state index contributed by atoms with van der Waals surface area (Å²) in [6, 6.07) is 0. The van der Waals surface area contributed by atoms with Crippen molar-refractivity contribution in [3.05, 3.63) is 0 Å². The molecule has 29 heavy (non-hydrogen) atoms. The summed E-state index contributed by atoms with van der Waals surface area (Å²) < 4.78 is 19.6. The Bertz CT molecular complexity index is 465. The van der Waals surface area contributed by atoms with Gasteiger partial charge in [-0.3, -0.25) is 0 Å². The fourth-order valence-corrected chi connectivity index (χ4v) is 1.63. The molecule has 0 aromatic heterocycles. The molecule has 0 aliphatic heterocycles. The smallest absolute Gasteiger partial charge is 0.334 e. The molecular formula is C17H28O12. The molecule has 12 heteroatoms. The van der Waals surface area contributed by atoms with Crippen LogP contribution in [0.2, 0.25) is 0 Å². The second kappa shape index (κ2) is 12.3. The summed E-state index contributed by atoms with van der Waals surface area (Å²) in [7, 11) is 0. The van der Waals surface area contributed by atoms with Crippen molar-refractivity contribution in [2.45, 2.75) is 52.1 Å². The number of esters is 4. The molecule has 0 aromatic carbocycles. The van der Waals surface area contributed by atoms with E-state index in [2.05, 4.69) is 0 Å². The first-order valence-electron chi connectivity index (χ1n) is 8.70. The SMILES string of the molecule is CC(O)C(=O)OCC(COC(=O)C(C)O)(COC(=O)C(C)O)COC(=O)C(C)O. The monoisotopic (exact) mass is 424 g/mol. The van der Waals surface area contributed by atoms with Gasteiger partial charge in [0, 0.05) is 0 Å². The van der Waals surface area contributed by atoms with Crippen LogP contribution in [0.5, 0.6) is 0 Å². The van der Waals surface area contributed by atoms with Crippen LogP contribution >= 0.6 is 0 Å². The third kappa shape index (κ3) is 10.2. The molecule has 0 saturated heterocycles. The molecule has 0 aliphatic rings. The third-order valence-corrected chi connectivity index (χ3v) is 3.45. The average molecular weight is 424 g/mol. The third-order valence-electron chi connectivity index (χ3n) is 3.45. The minimum absolute atomic E-state index is 0.635. The largest absolute Gasteiger partial charge is 0.463 e. The molecule has 0 radical (unpaired) electrons. The van der Waals surface area contributed by atoms with Crippen molar-refractivity contribution >= 4 is 23.9 Å². The van der Waals surface area contributed by atoms with Gasteiger partial charge >= 0.3 is 23.9 Å². The first-order chi connectivity index (χ1) is 13.3. The lowest BCUT2D eigenvalue weighted by atomic mass is 9.92. The molecule has 0 saturated carbocycles. The standard InChI is InChI=1S/C17H28O12/c1-9(18)13(22)26-5-17(6-27-14(23)10(2)19,7-28-15(24)11(3)20)8-29-16(25)12(4)21/h9-12,18-21H,5-8H2,1-4H3. The van der Waals surface area contributed by atoms with Gasteiger partial charge in [0.05, 0.1) is 0 Å². The van der Waals surface area contributed by atoms with Crippen LogP contribution in [0.25, 0.3) is 0 Å². The Morgan fingerprint density at radius 3 is 0.862 bits per heavy atom. The van der Waals surface area contributed by atoms with Gasteiger partial charge in [-0.1, -0.05) is 0 Å². The second-order valence-electron chi connectivity index (χ2n) is 6.63. The summed E-state index contributed by atoms with van der Waals surface area (Å²) in [5.41, 5.74) is -1.65. The lowest BCUT2D eigenvalue weighted by Gasteiger charge is -2.32. The number of aliphatic hydroxyl groups is 4. The zero-order valence-corrected chi connectivity index (χ0v) is 16.7. The Kier molecular flexibility index (Phi) is 11.3. The molecule has 4 unspecified atom stereocenters. The molecule has 168 valence electrons. The van der Waals surface area contributed by atoms with Crippen molar-refractivity contribution in [3.8, 4) is 0 Å². The van der Waals surface area contributed by atoms with Crippen molar-refractivity contribution in [2.75, 3.05) is 26.4 Å². The maximum Gasteiger partial charge on any atom is 0.334 e. The van der Waals surface area contributed by atoms with Crippen molar-refractivity contribution in [2.24, 2.45) is 5.41 Å². The van der Waals surface area contributed by atoms with Gasteiger partial charge in [0.15, 0.2) is 0 Å². The van der Waals surface area contributed by atoms with E-state index in [4.69, 9.17) is 18.9 Å². The topological polar surface area (TPSA) is 186 Å². The van der Waals surface area contributed by atoms with Crippen LogP contribution in [0.1, 0.15) is 27.7 Å². The maximum atomic E-state index is 11.6. The lowest BCUT2D eigenvalue weighted by molar-refractivity contribution is -0.180. The molecule has 0 rings (SSSR count). The van der Waals surface area contributed by atoms with Crippen molar-refractivity contribution < 1.29 is 58.6 Å². The molecule has 0 aromatic rings.